The van der Waals surface area contributed by atoms with Gasteiger partial charge in [-0.05, 0) is 43.2 Å². The summed E-state index contributed by atoms with van der Waals surface area (Å²) in [6.07, 6.45) is 0. The predicted octanol–water partition coefficient (Wildman–Crippen LogP) is 3.63. The number of carbonyl (C=O) groups is 2. The molecule has 2 aromatic carbocycles. The van der Waals surface area contributed by atoms with Crippen LogP contribution in [-0.4, -0.2) is 22.8 Å². The summed E-state index contributed by atoms with van der Waals surface area (Å²) in [5.74, 6) is -0.337. The van der Waals surface area contributed by atoms with Crippen LogP contribution in [0.4, 0.5) is 5.69 Å². The largest absolute Gasteiger partial charge is 0.324 e. The zero-order chi connectivity index (χ0) is 16.6. The number of anilines is 1. The molecule has 0 bridgehead atoms. The van der Waals surface area contributed by atoms with E-state index >= 15 is 0 Å². The summed E-state index contributed by atoms with van der Waals surface area (Å²) in [5, 5.41) is 3.41. The Hall–Kier alpha value is -2.33. The molecule has 0 aliphatic carbocycles. The highest BCUT2D eigenvalue weighted by atomic mass is 35.5. The molecule has 1 aliphatic heterocycles. The van der Waals surface area contributed by atoms with Gasteiger partial charge in [0.25, 0.3) is 5.91 Å². The fourth-order valence-corrected chi connectivity index (χ4v) is 2.83. The van der Waals surface area contributed by atoms with E-state index in [-0.39, 0.29) is 11.8 Å². The highest BCUT2D eigenvalue weighted by Crippen LogP contribution is 2.25. The first-order chi connectivity index (χ1) is 11.0. The van der Waals surface area contributed by atoms with Gasteiger partial charge in [0.05, 0.1) is 0 Å². The van der Waals surface area contributed by atoms with Crippen molar-refractivity contribution in [1.29, 1.82) is 0 Å². The van der Waals surface area contributed by atoms with Crippen LogP contribution in [-0.2, 0) is 11.3 Å². The Morgan fingerprint density at radius 1 is 1.26 bits per heavy atom. The van der Waals surface area contributed by atoms with Gasteiger partial charge in [0.15, 0.2) is 0 Å². The molecule has 1 aliphatic rings. The number of fused-ring (bicyclic) bond motifs is 1. The lowest BCUT2D eigenvalue weighted by Crippen LogP contribution is -2.42. The summed E-state index contributed by atoms with van der Waals surface area (Å²) in [6, 6.07) is 12.2. The number of hydrogen-bond donors (Lipinski definition) is 1. The molecule has 1 N–H and O–H groups in total. The highest BCUT2D eigenvalue weighted by molar-refractivity contribution is 6.31. The lowest BCUT2D eigenvalue weighted by molar-refractivity contribution is -0.120. The van der Waals surface area contributed by atoms with E-state index in [1.165, 1.54) is 0 Å². The van der Waals surface area contributed by atoms with Gasteiger partial charge in [-0.25, -0.2) is 0 Å². The molecule has 0 radical (unpaired) electrons. The van der Waals surface area contributed by atoms with Crippen LogP contribution in [0.15, 0.2) is 42.5 Å². The van der Waals surface area contributed by atoms with Crippen LogP contribution in [0.3, 0.4) is 0 Å². The monoisotopic (exact) mass is 328 g/mol. The lowest BCUT2D eigenvalue weighted by atomic mass is 10.1. The second kappa shape index (κ2) is 6.05. The minimum atomic E-state index is -0.560. The van der Waals surface area contributed by atoms with Crippen molar-refractivity contribution in [2.24, 2.45) is 0 Å². The Morgan fingerprint density at radius 3 is 2.70 bits per heavy atom. The molecule has 1 heterocycles. The summed E-state index contributed by atoms with van der Waals surface area (Å²) < 4.78 is 0. The molecule has 118 valence electrons. The molecule has 0 spiro atoms. The number of carbonyl (C=O) groups excluding carboxylic acids is 2. The molecule has 1 atom stereocenters. The number of nitrogens with zero attached hydrogens (tertiary/aromatic N) is 1. The number of benzene rings is 2. The third kappa shape index (κ3) is 2.94. The van der Waals surface area contributed by atoms with E-state index in [0.717, 1.165) is 11.1 Å². The van der Waals surface area contributed by atoms with Crippen molar-refractivity contribution in [3.05, 3.63) is 64.2 Å². The average Bonchev–Trinajstić information content (AvgIpc) is 2.87. The molecule has 23 heavy (non-hydrogen) atoms. The molecule has 3 rings (SSSR count). The zero-order valence-electron chi connectivity index (χ0n) is 13.0. The Morgan fingerprint density at radius 2 is 2.00 bits per heavy atom. The van der Waals surface area contributed by atoms with Gasteiger partial charge < -0.3 is 10.2 Å². The van der Waals surface area contributed by atoms with Crippen LogP contribution in [0.5, 0.6) is 0 Å². The molecule has 4 nitrogen and oxygen atoms in total. The van der Waals surface area contributed by atoms with Gasteiger partial charge in [-0.2, -0.15) is 0 Å². The van der Waals surface area contributed by atoms with Crippen molar-refractivity contribution in [1.82, 2.24) is 4.90 Å². The van der Waals surface area contributed by atoms with Gasteiger partial charge >= 0.3 is 0 Å². The lowest BCUT2D eigenvalue weighted by Gasteiger charge is -2.23. The van der Waals surface area contributed by atoms with E-state index < -0.39 is 6.04 Å². The van der Waals surface area contributed by atoms with Gasteiger partial charge in [-0.1, -0.05) is 35.9 Å². The van der Waals surface area contributed by atoms with Crippen molar-refractivity contribution in [3.8, 4) is 0 Å². The van der Waals surface area contributed by atoms with Crippen LogP contribution in [0.1, 0.15) is 28.4 Å². The summed E-state index contributed by atoms with van der Waals surface area (Å²) in [6.45, 7) is 4.09. The molecule has 2 amide bonds. The maximum atomic E-state index is 12.4. The van der Waals surface area contributed by atoms with E-state index in [2.05, 4.69) is 5.32 Å². The Balaban J connectivity index is 1.73. The van der Waals surface area contributed by atoms with Crippen molar-refractivity contribution >= 4 is 29.1 Å². The van der Waals surface area contributed by atoms with Gasteiger partial charge in [0.2, 0.25) is 5.91 Å². The summed E-state index contributed by atoms with van der Waals surface area (Å²) in [7, 11) is 0. The summed E-state index contributed by atoms with van der Waals surface area (Å²) >= 11 is 6.07. The predicted molar refractivity (Wildman–Crippen MR) is 90.6 cm³/mol. The second-order valence-corrected chi connectivity index (χ2v) is 6.13. The first-order valence-electron chi connectivity index (χ1n) is 7.43. The van der Waals surface area contributed by atoms with E-state index in [1.807, 2.05) is 31.2 Å². The second-order valence-electron chi connectivity index (χ2n) is 5.72. The maximum absolute atomic E-state index is 12.4. The molecule has 0 saturated heterocycles. The Kier molecular flexibility index (Phi) is 4.09. The third-order valence-corrected chi connectivity index (χ3v) is 4.54. The topological polar surface area (TPSA) is 49.4 Å². The van der Waals surface area contributed by atoms with Crippen molar-refractivity contribution in [2.45, 2.75) is 26.4 Å². The number of halogens is 1. The van der Waals surface area contributed by atoms with Crippen LogP contribution in [0.25, 0.3) is 0 Å². The average molecular weight is 329 g/mol. The van der Waals surface area contributed by atoms with Crippen LogP contribution in [0, 0.1) is 6.92 Å². The van der Waals surface area contributed by atoms with Crippen LogP contribution < -0.4 is 5.32 Å². The van der Waals surface area contributed by atoms with Crippen LogP contribution >= 0.6 is 11.6 Å². The SMILES string of the molecule is Cc1ccc(NC(=O)[C@H](C)N2Cc3ccccc3C2=O)cc1Cl. The summed E-state index contributed by atoms with van der Waals surface area (Å²) in [4.78, 5) is 26.4. The number of nitrogens with one attached hydrogen (secondary N) is 1. The quantitative estimate of drug-likeness (QED) is 0.935. The molecular formula is C18H17ClN2O2. The molecule has 5 heteroatoms. The minimum absolute atomic E-state index is 0.106. The fraction of sp³-hybridized carbons (Fsp3) is 0.222. The van der Waals surface area contributed by atoms with Crippen LogP contribution in [0.2, 0.25) is 5.02 Å². The van der Waals surface area contributed by atoms with Gasteiger partial charge in [-0.15, -0.1) is 0 Å². The molecule has 0 fully saturated rings. The van der Waals surface area contributed by atoms with Crippen molar-refractivity contribution < 1.29 is 9.59 Å². The van der Waals surface area contributed by atoms with Crippen molar-refractivity contribution in [3.63, 3.8) is 0 Å². The van der Waals surface area contributed by atoms with E-state index in [1.54, 1.807) is 30.0 Å². The molecule has 2 aromatic rings. The zero-order valence-corrected chi connectivity index (χ0v) is 13.7. The Labute approximate surface area is 140 Å². The first-order valence-corrected chi connectivity index (χ1v) is 7.81. The van der Waals surface area contributed by atoms with Gasteiger partial charge in [0.1, 0.15) is 6.04 Å². The van der Waals surface area contributed by atoms with E-state index in [4.69, 9.17) is 11.6 Å². The van der Waals surface area contributed by atoms with Crippen molar-refractivity contribution in [2.75, 3.05) is 5.32 Å². The smallest absolute Gasteiger partial charge is 0.255 e. The number of rotatable bonds is 3. The number of amides is 2. The molecule has 0 saturated carbocycles. The third-order valence-electron chi connectivity index (χ3n) is 4.14. The number of hydrogen-bond acceptors (Lipinski definition) is 2. The summed E-state index contributed by atoms with van der Waals surface area (Å²) in [5.41, 5.74) is 3.20. The van der Waals surface area contributed by atoms with E-state index in [9.17, 15) is 9.59 Å². The highest BCUT2D eigenvalue weighted by Gasteiger charge is 2.33. The Bertz CT molecular complexity index is 788. The fourth-order valence-electron chi connectivity index (χ4n) is 2.65. The van der Waals surface area contributed by atoms with Gasteiger partial charge in [0, 0.05) is 22.8 Å². The number of aryl methyl sites for hydroxylation is 1. The molecule has 0 unspecified atom stereocenters. The standard InChI is InChI=1S/C18H17ClN2O2/c1-11-7-8-14(9-16(11)19)20-17(22)12(2)21-10-13-5-3-4-6-15(13)18(21)23/h3-9,12H,10H2,1-2H3,(H,20,22)/t12-/m0/s1. The minimum Gasteiger partial charge on any atom is -0.324 e. The molecule has 0 aromatic heterocycles. The normalized spacial score (nSPS) is 14.6. The first kappa shape index (κ1) is 15.6. The molecular weight excluding hydrogens is 312 g/mol. The van der Waals surface area contributed by atoms with Gasteiger partial charge in [-0.3, -0.25) is 9.59 Å². The van der Waals surface area contributed by atoms with E-state index in [0.29, 0.717) is 22.8 Å². The maximum Gasteiger partial charge on any atom is 0.255 e.